The minimum absolute atomic E-state index is 0.431. The molecule has 3 aromatic rings. The standard InChI is InChI=1S/C20H14F3N3O3/c1-10-4-5-11-14(9-10)29-13-3-2-8-24-17(13)16(11)26-19(28)12-6-7-15(20(21,22)23)25-18(12)27/h2-9,16H,1H3,(H,25,27)(H,26,28). The van der Waals surface area contributed by atoms with Gasteiger partial charge < -0.3 is 15.0 Å². The van der Waals surface area contributed by atoms with E-state index in [1.54, 1.807) is 29.2 Å². The van der Waals surface area contributed by atoms with E-state index in [9.17, 15) is 22.8 Å². The van der Waals surface area contributed by atoms with Crippen LogP contribution >= 0.6 is 0 Å². The average Bonchev–Trinajstić information content (AvgIpc) is 2.66. The number of alkyl halides is 3. The van der Waals surface area contributed by atoms with E-state index in [0.29, 0.717) is 28.8 Å². The number of hydrogen-bond donors (Lipinski definition) is 2. The summed E-state index contributed by atoms with van der Waals surface area (Å²) in [5.74, 6) is 0.143. The smallest absolute Gasteiger partial charge is 0.431 e. The van der Waals surface area contributed by atoms with Crippen LogP contribution in [0.4, 0.5) is 13.2 Å². The summed E-state index contributed by atoms with van der Waals surface area (Å²) >= 11 is 0. The van der Waals surface area contributed by atoms with Crippen molar-refractivity contribution in [3.05, 3.63) is 87.1 Å². The molecular weight excluding hydrogens is 387 g/mol. The minimum Gasteiger partial charge on any atom is -0.455 e. The first-order valence-electron chi connectivity index (χ1n) is 8.59. The van der Waals surface area contributed by atoms with Gasteiger partial charge in [-0.1, -0.05) is 12.1 Å². The van der Waals surface area contributed by atoms with Crippen LogP contribution in [0.2, 0.25) is 0 Å². The van der Waals surface area contributed by atoms with Crippen LogP contribution < -0.4 is 15.6 Å². The third-order valence-corrected chi connectivity index (χ3v) is 4.51. The van der Waals surface area contributed by atoms with E-state index in [4.69, 9.17) is 4.74 Å². The van der Waals surface area contributed by atoms with E-state index >= 15 is 0 Å². The van der Waals surface area contributed by atoms with Crippen LogP contribution in [0.25, 0.3) is 0 Å². The van der Waals surface area contributed by atoms with E-state index in [1.165, 1.54) is 6.20 Å². The Bertz CT molecular complexity index is 1170. The number of amides is 1. The average molecular weight is 401 g/mol. The number of hydrogen-bond acceptors (Lipinski definition) is 4. The molecule has 0 bridgehead atoms. The Morgan fingerprint density at radius 3 is 2.69 bits per heavy atom. The summed E-state index contributed by atoms with van der Waals surface area (Å²) < 4.78 is 44.1. The molecule has 4 rings (SSSR count). The first-order valence-corrected chi connectivity index (χ1v) is 8.59. The molecule has 29 heavy (non-hydrogen) atoms. The monoisotopic (exact) mass is 401 g/mol. The van der Waals surface area contributed by atoms with Gasteiger partial charge in [-0.3, -0.25) is 14.6 Å². The summed E-state index contributed by atoms with van der Waals surface area (Å²) in [4.78, 5) is 30.7. The second kappa shape index (κ2) is 6.77. The molecule has 2 aromatic heterocycles. The van der Waals surface area contributed by atoms with Gasteiger partial charge in [0, 0.05) is 11.8 Å². The van der Waals surface area contributed by atoms with Gasteiger partial charge in [0.15, 0.2) is 5.75 Å². The first-order chi connectivity index (χ1) is 13.7. The van der Waals surface area contributed by atoms with Crippen molar-refractivity contribution in [1.82, 2.24) is 15.3 Å². The Balaban J connectivity index is 1.71. The molecule has 1 unspecified atom stereocenters. The number of benzene rings is 1. The molecule has 148 valence electrons. The van der Waals surface area contributed by atoms with Crippen molar-refractivity contribution in [3.63, 3.8) is 0 Å². The van der Waals surface area contributed by atoms with Crippen molar-refractivity contribution in [1.29, 1.82) is 0 Å². The molecule has 1 aromatic carbocycles. The topological polar surface area (TPSA) is 84.1 Å². The SMILES string of the molecule is Cc1ccc2c(c1)Oc1cccnc1C2NC(=O)c1ccc(C(F)(F)F)[nH]c1=O. The Kier molecular flexibility index (Phi) is 4.37. The number of aromatic nitrogens is 2. The fourth-order valence-corrected chi connectivity index (χ4v) is 3.11. The van der Waals surface area contributed by atoms with Gasteiger partial charge in [-0.05, 0) is 42.8 Å². The number of halogens is 3. The number of nitrogens with one attached hydrogen (secondary N) is 2. The molecular formula is C20H14F3N3O3. The second-order valence-corrected chi connectivity index (χ2v) is 6.55. The predicted molar refractivity (Wildman–Crippen MR) is 96.9 cm³/mol. The third kappa shape index (κ3) is 3.46. The number of carbonyl (C=O) groups excluding carboxylic acids is 1. The number of H-pyrrole nitrogens is 1. The molecule has 1 aliphatic rings. The number of ether oxygens (including phenoxy) is 1. The molecule has 1 aliphatic heterocycles. The predicted octanol–water partition coefficient (Wildman–Crippen LogP) is 3.72. The van der Waals surface area contributed by atoms with Crippen LogP contribution in [0.15, 0.2) is 53.5 Å². The van der Waals surface area contributed by atoms with Crippen molar-refractivity contribution in [3.8, 4) is 11.5 Å². The number of nitrogens with zero attached hydrogens (tertiary/aromatic N) is 1. The summed E-state index contributed by atoms with van der Waals surface area (Å²) in [5, 5.41) is 2.68. The molecule has 6 nitrogen and oxygen atoms in total. The molecule has 0 aliphatic carbocycles. The van der Waals surface area contributed by atoms with Crippen LogP contribution in [-0.4, -0.2) is 15.9 Å². The number of carbonyl (C=O) groups is 1. The molecule has 0 radical (unpaired) electrons. The van der Waals surface area contributed by atoms with Gasteiger partial charge >= 0.3 is 6.18 Å². The largest absolute Gasteiger partial charge is 0.455 e. The fraction of sp³-hybridized carbons (Fsp3) is 0.150. The van der Waals surface area contributed by atoms with Gasteiger partial charge in [-0.2, -0.15) is 13.2 Å². The van der Waals surface area contributed by atoms with Crippen molar-refractivity contribution in [2.24, 2.45) is 0 Å². The first kappa shape index (κ1) is 18.7. The number of rotatable bonds is 2. The fourth-order valence-electron chi connectivity index (χ4n) is 3.11. The van der Waals surface area contributed by atoms with Crippen molar-refractivity contribution >= 4 is 5.91 Å². The molecule has 9 heteroatoms. The lowest BCUT2D eigenvalue weighted by atomic mass is 9.97. The van der Waals surface area contributed by atoms with Crippen LogP contribution in [0.5, 0.6) is 11.5 Å². The van der Waals surface area contributed by atoms with Gasteiger partial charge in [0.05, 0.1) is 0 Å². The van der Waals surface area contributed by atoms with Gasteiger partial charge in [0.1, 0.15) is 28.7 Å². The highest BCUT2D eigenvalue weighted by atomic mass is 19.4. The lowest BCUT2D eigenvalue weighted by molar-refractivity contribution is -0.141. The number of aryl methyl sites for hydroxylation is 1. The summed E-state index contributed by atoms with van der Waals surface area (Å²) in [7, 11) is 0. The van der Waals surface area contributed by atoms with E-state index in [2.05, 4.69) is 10.3 Å². The zero-order valence-electron chi connectivity index (χ0n) is 15.0. The molecule has 0 saturated carbocycles. The van der Waals surface area contributed by atoms with Crippen molar-refractivity contribution in [2.75, 3.05) is 0 Å². The van der Waals surface area contributed by atoms with Gasteiger partial charge in [-0.25, -0.2) is 0 Å². The zero-order chi connectivity index (χ0) is 20.8. The second-order valence-electron chi connectivity index (χ2n) is 6.55. The van der Waals surface area contributed by atoms with Gasteiger partial charge in [-0.15, -0.1) is 0 Å². The number of pyridine rings is 2. The molecule has 1 amide bonds. The maximum absolute atomic E-state index is 12.7. The molecule has 0 saturated heterocycles. The Morgan fingerprint density at radius 2 is 1.97 bits per heavy atom. The van der Waals surface area contributed by atoms with Crippen LogP contribution in [0.1, 0.15) is 38.9 Å². The highest BCUT2D eigenvalue weighted by Gasteiger charge is 2.33. The van der Waals surface area contributed by atoms with E-state index < -0.39 is 34.9 Å². The van der Waals surface area contributed by atoms with E-state index in [0.717, 1.165) is 11.6 Å². The lowest BCUT2D eigenvalue weighted by Crippen LogP contribution is -2.35. The number of fused-ring (bicyclic) bond motifs is 2. The summed E-state index contributed by atoms with van der Waals surface area (Å²) in [6.07, 6.45) is -3.18. The molecule has 0 spiro atoms. The Morgan fingerprint density at radius 1 is 1.17 bits per heavy atom. The third-order valence-electron chi connectivity index (χ3n) is 4.51. The summed E-state index contributed by atoms with van der Waals surface area (Å²) in [6.45, 7) is 1.89. The van der Waals surface area contributed by atoms with E-state index in [-0.39, 0.29) is 0 Å². The Hall–Kier alpha value is -3.62. The summed E-state index contributed by atoms with van der Waals surface area (Å²) in [5.41, 5.74) is -0.789. The highest BCUT2D eigenvalue weighted by Crippen LogP contribution is 2.42. The zero-order valence-corrected chi connectivity index (χ0v) is 15.0. The van der Waals surface area contributed by atoms with Gasteiger partial charge in [0.25, 0.3) is 11.5 Å². The van der Waals surface area contributed by atoms with Crippen LogP contribution in [0.3, 0.4) is 0 Å². The molecule has 2 N–H and O–H groups in total. The lowest BCUT2D eigenvalue weighted by Gasteiger charge is -2.28. The minimum atomic E-state index is -4.71. The number of aromatic amines is 1. The van der Waals surface area contributed by atoms with Crippen molar-refractivity contribution < 1.29 is 22.7 Å². The summed E-state index contributed by atoms with van der Waals surface area (Å²) in [6, 6.07) is 9.55. The molecule has 3 heterocycles. The normalized spacial score (nSPS) is 15.1. The maximum Gasteiger partial charge on any atom is 0.431 e. The van der Waals surface area contributed by atoms with Crippen molar-refractivity contribution in [2.45, 2.75) is 19.1 Å². The van der Waals surface area contributed by atoms with E-state index in [1.807, 2.05) is 13.0 Å². The quantitative estimate of drug-likeness (QED) is 0.686. The highest BCUT2D eigenvalue weighted by molar-refractivity contribution is 5.94. The molecule has 0 fully saturated rings. The Labute approximate surface area is 162 Å². The van der Waals surface area contributed by atoms with Gasteiger partial charge in [0.2, 0.25) is 0 Å². The van der Waals surface area contributed by atoms with Crippen LogP contribution in [-0.2, 0) is 6.18 Å². The van der Waals surface area contributed by atoms with Crippen LogP contribution in [0, 0.1) is 6.92 Å². The maximum atomic E-state index is 12.7. The molecule has 1 atom stereocenters.